The molecule has 3 aliphatic heterocycles. The Balaban J connectivity index is 1.20. The molecule has 0 bridgehead atoms. The standard InChI is InChI=1S/C30H42N4O3S/c1-5-6-23-19-31-29(32-20-23)33-13-11-27(12-14-33)30(4)18-26-17-25(7-8-28(26)37-30)24-9-15-34(16-10-24)38(35,36)21-22(2)3/h7-9,17,19-20,22,27H,5-6,10-16,18,21H2,1-4H3. The Kier molecular flexibility index (Phi) is 7.83. The van der Waals surface area contributed by atoms with Crippen LogP contribution in [0.2, 0.25) is 0 Å². The average molecular weight is 539 g/mol. The number of hydrogen-bond donors (Lipinski definition) is 0. The van der Waals surface area contributed by atoms with Crippen LogP contribution >= 0.6 is 0 Å². The van der Waals surface area contributed by atoms with Gasteiger partial charge in [0.1, 0.15) is 11.4 Å². The number of nitrogens with zero attached hydrogens (tertiary/aromatic N) is 4. The molecule has 2 aromatic rings. The van der Waals surface area contributed by atoms with Crippen molar-refractivity contribution in [3.05, 3.63) is 53.4 Å². The van der Waals surface area contributed by atoms with Gasteiger partial charge < -0.3 is 9.64 Å². The minimum absolute atomic E-state index is 0.133. The van der Waals surface area contributed by atoms with Gasteiger partial charge in [0.15, 0.2) is 0 Å². The minimum Gasteiger partial charge on any atom is -0.487 e. The molecule has 38 heavy (non-hydrogen) atoms. The first kappa shape index (κ1) is 27.1. The zero-order valence-electron chi connectivity index (χ0n) is 23.3. The highest BCUT2D eigenvalue weighted by atomic mass is 32.2. The number of aryl methyl sites for hydroxylation is 1. The number of sulfonamides is 1. The van der Waals surface area contributed by atoms with Crippen LogP contribution in [0.15, 0.2) is 36.7 Å². The fraction of sp³-hybridized carbons (Fsp3) is 0.600. The van der Waals surface area contributed by atoms with Gasteiger partial charge in [0.2, 0.25) is 16.0 Å². The van der Waals surface area contributed by atoms with Crippen molar-refractivity contribution in [3.8, 4) is 5.75 Å². The van der Waals surface area contributed by atoms with E-state index in [0.29, 0.717) is 19.0 Å². The summed E-state index contributed by atoms with van der Waals surface area (Å²) in [7, 11) is -3.19. The summed E-state index contributed by atoms with van der Waals surface area (Å²) < 4.78 is 33.5. The molecule has 0 saturated carbocycles. The van der Waals surface area contributed by atoms with E-state index in [9.17, 15) is 8.42 Å². The second-order valence-electron chi connectivity index (χ2n) is 11.8. The Bertz CT molecular complexity index is 1270. The summed E-state index contributed by atoms with van der Waals surface area (Å²) in [5.41, 5.74) is 4.68. The third kappa shape index (κ3) is 5.76. The minimum atomic E-state index is -3.19. The summed E-state index contributed by atoms with van der Waals surface area (Å²) in [5.74, 6) is 2.65. The van der Waals surface area contributed by atoms with Gasteiger partial charge in [0.25, 0.3) is 0 Å². The van der Waals surface area contributed by atoms with Crippen LogP contribution in [0.5, 0.6) is 5.75 Å². The molecular weight excluding hydrogens is 496 g/mol. The number of hydrogen-bond acceptors (Lipinski definition) is 6. The molecule has 1 saturated heterocycles. The first-order valence-corrected chi connectivity index (χ1v) is 15.8. The number of ether oxygens (including phenoxy) is 1. The molecule has 0 spiro atoms. The van der Waals surface area contributed by atoms with Crippen LogP contribution in [0.25, 0.3) is 5.57 Å². The van der Waals surface area contributed by atoms with Crippen LogP contribution in [0.4, 0.5) is 5.95 Å². The lowest BCUT2D eigenvalue weighted by Crippen LogP contribution is -2.46. The molecule has 0 N–H and O–H groups in total. The number of piperidine rings is 1. The van der Waals surface area contributed by atoms with Crippen molar-refractivity contribution in [2.24, 2.45) is 11.8 Å². The van der Waals surface area contributed by atoms with Gasteiger partial charge in [-0.3, -0.25) is 0 Å². The van der Waals surface area contributed by atoms with E-state index in [4.69, 9.17) is 4.74 Å². The highest BCUT2D eigenvalue weighted by Crippen LogP contribution is 2.44. The quantitative estimate of drug-likeness (QED) is 0.465. The second kappa shape index (κ2) is 11.0. The van der Waals surface area contributed by atoms with Crippen LogP contribution in [0.3, 0.4) is 0 Å². The van der Waals surface area contributed by atoms with Crippen molar-refractivity contribution in [1.82, 2.24) is 14.3 Å². The SMILES string of the molecule is CCCc1cnc(N2CCC(C3(C)Cc4cc(C5=CCN(S(=O)(=O)CC(C)C)CC5)ccc4O3)CC2)nc1. The molecule has 0 radical (unpaired) electrons. The first-order valence-electron chi connectivity index (χ1n) is 14.2. The Morgan fingerprint density at radius 3 is 2.50 bits per heavy atom. The summed E-state index contributed by atoms with van der Waals surface area (Å²) in [6.07, 6.45) is 11.9. The Labute approximate surface area is 228 Å². The Morgan fingerprint density at radius 1 is 1.13 bits per heavy atom. The number of benzene rings is 1. The third-order valence-corrected chi connectivity index (χ3v) is 10.5. The van der Waals surface area contributed by atoms with Gasteiger partial charge in [0, 0.05) is 50.9 Å². The average Bonchev–Trinajstić information content (AvgIpc) is 3.25. The number of fused-ring (bicyclic) bond motifs is 1. The van der Waals surface area contributed by atoms with Crippen molar-refractivity contribution >= 4 is 21.5 Å². The van der Waals surface area contributed by atoms with E-state index in [2.05, 4.69) is 53.0 Å². The van der Waals surface area contributed by atoms with Crippen molar-refractivity contribution in [2.75, 3.05) is 36.8 Å². The summed E-state index contributed by atoms with van der Waals surface area (Å²) in [5, 5.41) is 0. The van der Waals surface area contributed by atoms with Gasteiger partial charge in [-0.25, -0.2) is 18.4 Å². The molecule has 4 heterocycles. The van der Waals surface area contributed by atoms with Crippen LogP contribution in [-0.2, 0) is 22.9 Å². The predicted octanol–water partition coefficient (Wildman–Crippen LogP) is 5.11. The summed E-state index contributed by atoms with van der Waals surface area (Å²) in [6, 6.07) is 6.52. The summed E-state index contributed by atoms with van der Waals surface area (Å²) in [4.78, 5) is 11.5. The number of anilines is 1. The molecular formula is C30H42N4O3S. The van der Waals surface area contributed by atoms with Crippen molar-refractivity contribution in [2.45, 2.75) is 71.8 Å². The molecule has 7 nitrogen and oxygen atoms in total. The molecule has 3 aliphatic rings. The smallest absolute Gasteiger partial charge is 0.225 e. The fourth-order valence-corrected chi connectivity index (χ4v) is 7.95. The maximum Gasteiger partial charge on any atom is 0.225 e. The van der Waals surface area contributed by atoms with E-state index in [1.54, 1.807) is 4.31 Å². The normalized spacial score (nSPS) is 22.9. The van der Waals surface area contributed by atoms with E-state index < -0.39 is 10.0 Å². The second-order valence-corrected chi connectivity index (χ2v) is 13.8. The molecule has 5 rings (SSSR count). The van der Waals surface area contributed by atoms with Crippen molar-refractivity contribution < 1.29 is 13.2 Å². The van der Waals surface area contributed by atoms with Crippen LogP contribution in [-0.4, -0.2) is 60.2 Å². The molecule has 206 valence electrons. The van der Waals surface area contributed by atoms with E-state index in [0.717, 1.165) is 63.3 Å². The van der Waals surface area contributed by atoms with Crippen molar-refractivity contribution in [3.63, 3.8) is 0 Å². The zero-order valence-corrected chi connectivity index (χ0v) is 24.1. The van der Waals surface area contributed by atoms with Gasteiger partial charge in [-0.05, 0) is 72.9 Å². The molecule has 1 aromatic carbocycles. The predicted molar refractivity (Wildman–Crippen MR) is 153 cm³/mol. The lowest BCUT2D eigenvalue weighted by molar-refractivity contribution is 0.0349. The van der Waals surface area contributed by atoms with E-state index in [-0.39, 0.29) is 17.3 Å². The van der Waals surface area contributed by atoms with Gasteiger partial charge in [-0.1, -0.05) is 39.3 Å². The van der Waals surface area contributed by atoms with Gasteiger partial charge in [0.05, 0.1) is 5.75 Å². The van der Waals surface area contributed by atoms with E-state index in [1.165, 1.54) is 22.3 Å². The first-order chi connectivity index (χ1) is 18.2. The van der Waals surface area contributed by atoms with Crippen molar-refractivity contribution in [1.29, 1.82) is 0 Å². The molecule has 1 fully saturated rings. The van der Waals surface area contributed by atoms with Crippen LogP contribution in [0.1, 0.15) is 70.1 Å². The molecule has 0 amide bonds. The zero-order chi connectivity index (χ0) is 26.9. The monoisotopic (exact) mass is 538 g/mol. The molecule has 0 aliphatic carbocycles. The highest BCUT2D eigenvalue weighted by molar-refractivity contribution is 7.89. The molecule has 1 unspecified atom stereocenters. The van der Waals surface area contributed by atoms with Gasteiger partial charge in [-0.15, -0.1) is 0 Å². The topological polar surface area (TPSA) is 75.6 Å². The Hall–Kier alpha value is -2.45. The van der Waals surface area contributed by atoms with E-state index >= 15 is 0 Å². The Morgan fingerprint density at radius 2 is 1.87 bits per heavy atom. The lowest BCUT2D eigenvalue weighted by Gasteiger charge is -2.40. The maximum atomic E-state index is 12.6. The molecule has 8 heteroatoms. The van der Waals surface area contributed by atoms with Gasteiger partial charge >= 0.3 is 0 Å². The largest absolute Gasteiger partial charge is 0.487 e. The summed E-state index contributed by atoms with van der Waals surface area (Å²) >= 11 is 0. The summed E-state index contributed by atoms with van der Waals surface area (Å²) in [6.45, 7) is 11.2. The molecule has 1 aromatic heterocycles. The van der Waals surface area contributed by atoms with Gasteiger partial charge in [-0.2, -0.15) is 4.31 Å². The lowest BCUT2D eigenvalue weighted by atomic mass is 9.79. The fourth-order valence-electron chi connectivity index (χ4n) is 6.22. The van der Waals surface area contributed by atoms with E-state index in [1.807, 2.05) is 26.2 Å². The third-order valence-electron chi connectivity index (χ3n) is 8.30. The highest BCUT2D eigenvalue weighted by Gasteiger charge is 2.43. The number of rotatable bonds is 8. The maximum absolute atomic E-state index is 12.6. The van der Waals surface area contributed by atoms with Crippen LogP contribution < -0.4 is 9.64 Å². The molecule has 1 atom stereocenters. The number of aromatic nitrogens is 2. The van der Waals surface area contributed by atoms with Crippen LogP contribution in [0, 0.1) is 11.8 Å².